The smallest absolute Gasteiger partial charge is 0.326 e. The number of carbonyl (C=O) groups excluding carboxylic acids is 1. The number of aromatic nitrogens is 1. The maximum atomic E-state index is 12.7. The van der Waals surface area contributed by atoms with Crippen LogP contribution in [-0.2, 0) is 11.8 Å². The van der Waals surface area contributed by atoms with Gasteiger partial charge in [-0.15, -0.1) is 0 Å². The first-order valence-corrected chi connectivity index (χ1v) is 6.92. The number of hydrogen-bond acceptors (Lipinski definition) is 2. The zero-order valence-corrected chi connectivity index (χ0v) is 12.5. The summed E-state index contributed by atoms with van der Waals surface area (Å²) in [5, 5.41) is 9.51. The van der Waals surface area contributed by atoms with Gasteiger partial charge in [0.25, 0.3) is 5.91 Å². The molecule has 5 nitrogen and oxygen atoms in total. The molecule has 5 heteroatoms. The molecule has 1 unspecified atom stereocenters. The molecule has 0 bridgehead atoms. The van der Waals surface area contributed by atoms with E-state index in [1.165, 1.54) is 4.90 Å². The number of nitrogens with zero attached hydrogens (tertiary/aromatic N) is 2. The molecule has 1 saturated heterocycles. The third-order valence-corrected chi connectivity index (χ3v) is 4.36. The SMILES string of the molecule is Cc1ccc(C(=O)N2CCCC(C)(C)C2C(=O)O)n1C. The number of amides is 1. The number of piperidine rings is 1. The van der Waals surface area contributed by atoms with Crippen LogP contribution in [0.3, 0.4) is 0 Å². The van der Waals surface area contributed by atoms with Gasteiger partial charge in [-0.2, -0.15) is 0 Å². The Labute approximate surface area is 119 Å². The topological polar surface area (TPSA) is 62.5 Å². The Hall–Kier alpha value is -1.78. The lowest BCUT2D eigenvalue weighted by atomic mass is 9.76. The molecule has 2 heterocycles. The lowest BCUT2D eigenvalue weighted by Gasteiger charge is -2.43. The van der Waals surface area contributed by atoms with E-state index >= 15 is 0 Å². The van der Waals surface area contributed by atoms with Crippen LogP contribution in [0.4, 0.5) is 0 Å². The van der Waals surface area contributed by atoms with E-state index in [0.29, 0.717) is 12.2 Å². The van der Waals surface area contributed by atoms with Crippen LogP contribution in [0.5, 0.6) is 0 Å². The summed E-state index contributed by atoms with van der Waals surface area (Å²) in [5.74, 6) is -1.12. The summed E-state index contributed by atoms with van der Waals surface area (Å²) in [6.07, 6.45) is 1.66. The summed E-state index contributed by atoms with van der Waals surface area (Å²) >= 11 is 0. The minimum atomic E-state index is -0.922. The molecule has 0 radical (unpaired) electrons. The van der Waals surface area contributed by atoms with E-state index in [9.17, 15) is 14.7 Å². The lowest BCUT2D eigenvalue weighted by Crippen LogP contribution is -2.56. The fourth-order valence-corrected chi connectivity index (χ4v) is 3.05. The quantitative estimate of drug-likeness (QED) is 0.900. The van der Waals surface area contributed by atoms with E-state index in [1.54, 1.807) is 6.07 Å². The summed E-state index contributed by atoms with van der Waals surface area (Å²) in [6.45, 7) is 6.26. The third-order valence-electron chi connectivity index (χ3n) is 4.36. The van der Waals surface area contributed by atoms with Crippen LogP contribution in [0.2, 0.25) is 0 Å². The van der Waals surface area contributed by atoms with Crippen molar-refractivity contribution in [3.05, 3.63) is 23.5 Å². The highest BCUT2D eigenvalue weighted by Crippen LogP contribution is 2.36. The van der Waals surface area contributed by atoms with Crippen LogP contribution in [-0.4, -0.2) is 39.0 Å². The largest absolute Gasteiger partial charge is 0.480 e. The number of carbonyl (C=O) groups is 2. The number of likely N-dealkylation sites (tertiary alicyclic amines) is 1. The van der Waals surface area contributed by atoms with Crippen LogP contribution in [0, 0.1) is 12.3 Å². The van der Waals surface area contributed by atoms with Crippen LogP contribution in [0.15, 0.2) is 12.1 Å². The molecule has 1 aromatic heterocycles. The van der Waals surface area contributed by atoms with Crippen molar-refractivity contribution in [1.29, 1.82) is 0 Å². The highest BCUT2D eigenvalue weighted by atomic mass is 16.4. The normalized spacial score (nSPS) is 21.8. The maximum Gasteiger partial charge on any atom is 0.326 e. The Morgan fingerprint density at radius 2 is 2.00 bits per heavy atom. The summed E-state index contributed by atoms with van der Waals surface area (Å²) < 4.78 is 1.81. The molecule has 1 N–H and O–H groups in total. The average molecular weight is 278 g/mol. The van der Waals surface area contributed by atoms with Gasteiger partial charge in [0.15, 0.2) is 0 Å². The van der Waals surface area contributed by atoms with Gasteiger partial charge in [-0.05, 0) is 37.3 Å². The van der Waals surface area contributed by atoms with Crippen molar-refractivity contribution in [3.63, 3.8) is 0 Å². The van der Waals surface area contributed by atoms with Crippen LogP contribution in [0.25, 0.3) is 0 Å². The van der Waals surface area contributed by atoms with E-state index in [4.69, 9.17) is 0 Å². The second-order valence-electron chi connectivity index (χ2n) is 6.25. The van der Waals surface area contributed by atoms with Gasteiger partial charge in [0.1, 0.15) is 11.7 Å². The molecule has 0 aromatic carbocycles. The molecule has 1 aliphatic rings. The Morgan fingerprint density at radius 1 is 1.35 bits per heavy atom. The summed E-state index contributed by atoms with van der Waals surface area (Å²) in [5.41, 5.74) is 1.13. The highest BCUT2D eigenvalue weighted by molar-refractivity contribution is 5.96. The molecule has 0 spiro atoms. The molecule has 0 saturated carbocycles. The molecule has 1 aromatic rings. The summed E-state index contributed by atoms with van der Waals surface area (Å²) in [6, 6.07) is 2.87. The molecule has 110 valence electrons. The number of carboxylic acid groups (broad SMARTS) is 1. The van der Waals surface area contributed by atoms with Crippen molar-refractivity contribution in [2.75, 3.05) is 6.54 Å². The number of rotatable bonds is 2. The first-order valence-electron chi connectivity index (χ1n) is 6.92. The first-order chi connectivity index (χ1) is 9.25. The summed E-state index contributed by atoms with van der Waals surface area (Å²) in [7, 11) is 1.83. The monoisotopic (exact) mass is 278 g/mol. The highest BCUT2D eigenvalue weighted by Gasteiger charge is 2.45. The fourth-order valence-electron chi connectivity index (χ4n) is 3.05. The van der Waals surface area contributed by atoms with Gasteiger partial charge in [-0.1, -0.05) is 13.8 Å². The average Bonchev–Trinajstić information content (AvgIpc) is 2.67. The second-order valence-corrected chi connectivity index (χ2v) is 6.25. The third kappa shape index (κ3) is 2.32. The van der Waals surface area contributed by atoms with Crippen LogP contribution < -0.4 is 0 Å². The Bertz CT molecular complexity index is 545. The van der Waals surface area contributed by atoms with Crippen molar-refractivity contribution in [3.8, 4) is 0 Å². The second kappa shape index (κ2) is 4.96. The fraction of sp³-hybridized carbons (Fsp3) is 0.600. The van der Waals surface area contributed by atoms with Crippen molar-refractivity contribution in [2.45, 2.75) is 39.7 Å². The van der Waals surface area contributed by atoms with E-state index < -0.39 is 17.4 Å². The minimum Gasteiger partial charge on any atom is -0.480 e. The van der Waals surface area contributed by atoms with E-state index in [-0.39, 0.29) is 5.91 Å². The van der Waals surface area contributed by atoms with E-state index in [0.717, 1.165) is 18.5 Å². The van der Waals surface area contributed by atoms with Crippen LogP contribution >= 0.6 is 0 Å². The Kier molecular flexibility index (Phi) is 3.63. The number of carboxylic acids is 1. The van der Waals surface area contributed by atoms with Gasteiger partial charge in [0, 0.05) is 19.3 Å². The molecular formula is C15H22N2O3. The maximum absolute atomic E-state index is 12.7. The zero-order chi connectivity index (χ0) is 15.1. The van der Waals surface area contributed by atoms with Gasteiger partial charge < -0.3 is 14.6 Å². The van der Waals surface area contributed by atoms with Crippen LogP contribution in [0.1, 0.15) is 42.9 Å². The van der Waals surface area contributed by atoms with Crippen molar-refractivity contribution in [2.24, 2.45) is 12.5 Å². The molecule has 1 atom stereocenters. The van der Waals surface area contributed by atoms with E-state index in [2.05, 4.69) is 0 Å². The van der Waals surface area contributed by atoms with Gasteiger partial charge in [0.05, 0.1) is 0 Å². The number of aliphatic carboxylic acids is 1. The van der Waals surface area contributed by atoms with Gasteiger partial charge in [-0.25, -0.2) is 4.79 Å². The van der Waals surface area contributed by atoms with Crippen molar-refractivity contribution >= 4 is 11.9 Å². The number of aryl methyl sites for hydroxylation is 1. The molecule has 1 amide bonds. The van der Waals surface area contributed by atoms with Gasteiger partial charge in [0.2, 0.25) is 0 Å². The van der Waals surface area contributed by atoms with Crippen molar-refractivity contribution in [1.82, 2.24) is 9.47 Å². The Morgan fingerprint density at radius 3 is 2.50 bits per heavy atom. The molecule has 2 rings (SSSR count). The predicted octanol–water partition coefficient (Wildman–Crippen LogP) is 2.05. The standard InChI is InChI=1S/C15H22N2O3/c1-10-6-7-11(16(10)4)13(18)17-9-5-8-15(2,3)12(17)14(19)20/h6-7,12H,5,8-9H2,1-4H3,(H,19,20). The van der Waals surface area contributed by atoms with E-state index in [1.807, 2.05) is 38.5 Å². The summed E-state index contributed by atoms with van der Waals surface area (Å²) in [4.78, 5) is 25.8. The lowest BCUT2D eigenvalue weighted by molar-refractivity contribution is -0.148. The van der Waals surface area contributed by atoms with Gasteiger partial charge >= 0.3 is 5.97 Å². The van der Waals surface area contributed by atoms with Gasteiger partial charge in [-0.3, -0.25) is 4.79 Å². The molecule has 1 fully saturated rings. The molecule has 20 heavy (non-hydrogen) atoms. The molecule has 1 aliphatic heterocycles. The minimum absolute atomic E-state index is 0.194. The molecular weight excluding hydrogens is 256 g/mol. The predicted molar refractivity (Wildman–Crippen MR) is 75.6 cm³/mol. The zero-order valence-electron chi connectivity index (χ0n) is 12.5. The number of hydrogen-bond donors (Lipinski definition) is 1. The molecule has 0 aliphatic carbocycles. The Balaban J connectivity index is 2.37. The van der Waals surface area contributed by atoms with Crippen molar-refractivity contribution < 1.29 is 14.7 Å². The first kappa shape index (κ1) is 14.6.